The Morgan fingerprint density at radius 1 is 1.07 bits per heavy atom. The smallest absolute Gasteiger partial charge is 0.493 e. The maximum atomic E-state index is 13.4. The number of nitrogens with one attached hydrogen (secondary N) is 1. The molecule has 4 atom stereocenters. The van der Waals surface area contributed by atoms with Crippen molar-refractivity contribution in [2.45, 2.75) is 58.8 Å². The first kappa shape index (κ1) is 34.6. The lowest BCUT2D eigenvalue weighted by Gasteiger charge is -2.29. The van der Waals surface area contributed by atoms with Gasteiger partial charge in [0.15, 0.2) is 29.3 Å². The van der Waals surface area contributed by atoms with Gasteiger partial charge in [-0.05, 0) is 25.3 Å². The molecule has 1 aromatic carbocycles. The number of amides is 1. The van der Waals surface area contributed by atoms with E-state index in [9.17, 15) is 24.0 Å². The zero-order valence-corrected chi connectivity index (χ0v) is 25.8. The Kier molecular flexibility index (Phi) is 12.9. The highest BCUT2D eigenvalue weighted by atomic mass is 16.8. The standard InChI is InChI=1S/C31H38N2O12/c1-6-14-40-31(38)43-17-42-26-23(39-5)12-13-32-24(26)27(34)33-22-16-41-29(36)21(15-20-10-8-7-9-11-20)25(19(4)44-30(22)37)45-28(35)18(2)3/h7-13,18-19,21-22,25H,6,14-17H2,1-5H3,(H,33,34)/t19-,21+,22-,25-/m0/s1. The third-order valence-electron chi connectivity index (χ3n) is 6.58. The van der Waals surface area contributed by atoms with E-state index in [1.807, 2.05) is 13.0 Å². The quantitative estimate of drug-likeness (QED) is 0.206. The Morgan fingerprint density at radius 3 is 2.47 bits per heavy atom. The van der Waals surface area contributed by atoms with E-state index in [2.05, 4.69) is 10.3 Å². The summed E-state index contributed by atoms with van der Waals surface area (Å²) >= 11 is 0. The van der Waals surface area contributed by atoms with Gasteiger partial charge in [-0.2, -0.15) is 0 Å². The van der Waals surface area contributed by atoms with E-state index in [4.69, 9.17) is 33.2 Å². The number of rotatable bonds is 12. The van der Waals surface area contributed by atoms with E-state index >= 15 is 0 Å². The number of hydrogen-bond acceptors (Lipinski definition) is 13. The van der Waals surface area contributed by atoms with Crippen LogP contribution in [0, 0.1) is 11.8 Å². The van der Waals surface area contributed by atoms with Crippen LogP contribution in [0.25, 0.3) is 0 Å². The summed E-state index contributed by atoms with van der Waals surface area (Å²) < 4.78 is 37.2. The summed E-state index contributed by atoms with van der Waals surface area (Å²) in [4.78, 5) is 68.4. The van der Waals surface area contributed by atoms with Crippen LogP contribution in [0.1, 0.15) is 50.2 Å². The number of carbonyl (C=O) groups excluding carboxylic acids is 5. The molecule has 0 bridgehead atoms. The number of benzene rings is 1. The Bertz CT molecular complexity index is 1330. The van der Waals surface area contributed by atoms with Crippen molar-refractivity contribution in [1.82, 2.24) is 10.3 Å². The molecule has 1 aliphatic heterocycles. The summed E-state index contributed by atoms with van der Waals surface area (Å²) in [5, 5.41) is 2.45. The van der Waals surface area contributed by atoms with Gasteiger partial charge in [-0.3, -0.25) is 14.4 Å². The Morgan fingerprint density at radius 2 is 1.80 bits per heavy atom. The van der Waals surface area contributed by atoms with Gasteiger partial charge in [0.2, 0.25) is 6.79 Å². The first-order valence-electron chi connectivity index (χ1n) is 14.4. The minimum absolute atomic E-state index is 0.0799. The van der Waals surface area contributed by atoms with Crippen LogP contribution in [0.5, 0.6) is 11.5 Å². The van der Waals surface area contributed by atoms with Crippen molar-refractivity contribution in [3.63, 3.8) is 0 Å². The van der Waals surface area contributed by atoms with E-state index in [0.717, 1.165) is 5.56 Å². The molecular formula is C31H38N2O12. The predicted octanol–water partition coefficient (Wildman–Crippen LogP) is 3.00. The second kappa shape index (κ2) is 16.8. The monoisotopic (exact) mass is 630 g/mol. The number of methoxy groups -OCH3 is 1. The van der Waals surface area contributed by atoms with Crippen LogP contribution in [-0.2, 0) is 44.5 Å². The number of aromatic nitrogens is 1. The van der Waals surface area contributed by atoms with E-state index in [0.29, 0.717) is 6.42 Å². The number of esters is 3. The molecule has 1 fully saturated rings. The van der Waals surface area contributed by atoms with Gasteiger partial charge in [-0.1, -0.05) is 51.1 Å². The molecule has 14 heteroatoms. The normalized spacial score (nSPS) is 20.0. The van der Waals surface area contributed by atoms with Crippen molar-refractivity contribution in [1.29, 1.82) is 0 Å². The first-order chi connectivity index (χ1) is 21.5. The molecule has 244 valence electrons. The highest BCUT2D eigenvalue weighted by Gasteiger charge is 2.42. The van der Waals surface area contributed by atoms with Crippen molar-refractivity contribution in [3.05, 3.63) is 53.9 Å². The van der Waals surface area contributed by atoms with Crippen LogP contribution in [0.15, 0.2) is 42.6 Å². The number of cyclic esters (lactones) is 2. The molecule has 2 heterocycles. The molecule has 0 radical (unpaired) electrons. The summed E-state index contributed by atoms with van der Waals surface area (Å²) in [7, 11) is 1.32. The Hall–Kier alpha value is -4.88. The molecule has 1 aliphatic rings. The molecule has 14 nitrogen and oxygen atoms in total. The molecule has 0 aliphatic carbocycles. The summed E-state index contributed by atoms with van der Waals surface area (Å²) in [5.74, 6) is -4.83. The summed E-state index contributed by atoms with van der Waals surface area (Å²) in [6, 6.07) is 8.97. The second-order valence-corrected chi connectivity index (χ2v) is 10.3. The van der Waals surface area contributed by atoms with Crippen LogP contribution in [0.3, 0.4) is 0 Å². The van der Waals surface area contributed by atoms with Gasteiger partial charge in [0.25, 0.3) is 5.91 Å². The van der Waals surface area contributed by atoms with Gasteiger partial charge in [-0.25, -0.2) is 14.6 Å². The van der Waals surface area contributed by atoms with Crippen molar-refractivity contribution in [3.8, 4) is 11.5 Å². The molecule has 0 saturated carbocycles. The van der Waals surface area contributed by atoms with Gasteiger partial charge in [0.05, 0.1) is 19.6 Å². The zero-order chi connectivity index (χ0) is 32.9. The molecule has 2 aromatic rings. The maximum Gasteiger partial charge on any atom is 0.511 e. The minimum atomic E-state index is -1.47. The molecule has 1 saturated heterocycles. The lowest BCUT2D eigenvalue weighted by atomic mass is 9.91. The average molecular weight is 631 g/mol. The second-order valence-electron chi connectivity index (χ2n) is 10.3. The number of pyridine rings is 1. The first-order valence-corrected chi connectivity index (χ1v) is 14.4. The maximum absolute atomic E-state index is 13.4. The van der Waals surface area contributed by atoms with Crippen molar-refractivity contribution in [2.75, 3.05) is 27.1 Å². The highest BCUT2D eigenvalue weighted by molar-refractivity contribution is 5.98. The van der Waals surface area contributed by atoms with Gasteiger partial charge >= 0.3 is 24.1 Å². The fourth-order valence-electron chi connectivity index (χ4n) is 4.23. The van der Waals surface area contributed by atoms with Gasteiger partial charge in [-0.15, -0.1) is 0 Å². The fraction of sp³-hybridized carbons (Fsp3) is 0.484. The average Bonchev–Trinajstić information content (AvgIpc) is 3.06. The van der Waals surface area contributed by atoms with Crippen LogP contribution in [-0.4, -0.2) is 80.3 Å². The number of hydrogen-bond donors (Lipinski definition) is 1. The highest BCUT2D eigenvalue weighted by Crippen LogP contribution is 2.30. The molecule has 1 amide bonds. The number of nitrogens with zero attached hydrogens (tertiary/aromatic N) is 1. The van der Waals surface area contributed by atoms with E-state index in [-0.39, 0.29) is 30.2 Å². The summed E-state index contributed by atoms with van der Waals surface area (Å²) in [6.07, 6.45) is -1.24. The Labute approximate surface area is 260 Å². The van der Waals surface area contributed by atoms with Crippen molar-refractivity contribution < 1.29 is 57.1 Å². The topological polar surface area (TPSA) is 175 Å². The van der Waals surface area contributed by atoms with Crippen molar-refractivity contribution in [2.24, 2.45) is 11.8 Å². The predicted molar refractivity (Wildman–Crippen MR) is 155 cm³/mol. The SMILES string of the molecule is CCCOC(=O)OCOc1c(OC)ccnc1C(=O)N[C@H]1COC(=O)[C@H](Cc2ccccc2)[C@@H](OC(=O)C(C)C)[C@H](C)OC1=O. The molecular weight excluding hydrogens is 592 g/mol. The summed E-state index contributed by atoms with van der Waals surface area (Å²) in [6.45, 7) is 5.51. The lowest BCUT2D eigenvalue weighted by molar-refractivity contribution is -0.176. The fourth-order valence-corrected chi connectivity index (χ4v) is 4.23. The molecule has 1 aromatic heterocycles. The van der Waals surface area contributed by atoms with Gasteiger partial charge in [0.1, 0.15) is 18.6 Å². The largest absolute Gasteiger partial charge is 0.511 e. The van der Waals surface area contributed by atoms with Gasteiger partial charge < -0.3 is 38.5 Å². The van der Waals surface area contributed by atoms with E-state index < -0.39 is 73.5 Å². The molecule has 0 spiro atoms. The molecule has 1 N–H and O–H groups in total. The molecule has 0 unspecified atom stereocenters. The zero-order valence-electron chi connectivity index (χ0n) is 25.8. The van der Waals surface area contributed by atoms with Crippen LogP contribution >= 0.6 is 0 Å². The van der Waals surface area contributed by atoms with Crippen LogP contribution < -0.4 is 14.8 Å². The lowest BCUT2D eigenvalue weighted by Crippen LogP contribution is -2.47. The number of carbonyl (C=O) groups is 5. The van der Waals surface area contributed by atoms with Crippen LogP contribution in [0.2, 0.25) is 0 Å². The Balaban J connectivity index is 1.82. The summed E-state index contributed by atoms with van der Waals surface area (Å²) in [5.41, 5.74) is 0.449. The van der Waals surface area contributed by atoms with Gasteiger partial charge in [0, 0.05) is 12.3 Å². The van der Waals surface area contributed by atoms with Crippen molar-refractivity contribution >= 4 is 30.0 Å². The van der Waals surface area contributed by atoms with E-state index in [1.54, 1.807) is 38.1 Å². The number of ether oxygens (including phenoxy) is 7. The molecule has 45 heavy (non-hydrogen) atoms. The third kappa shape index (κ3) is 9.81. The van der Waals surface area contributed by atoms with Crippen LogP contribution in [0.4, 0.5) is 4.79 Å². The molecule has 3 rings (SSSR count). The third-order valence-corrected chi connectivity index (χ3v) is 6.58. The van der Waals surface area contributed by atoms with E-state index in [1.165, 1.54) is 26.3 Å². The minimum Gasteiger partial charge on any atom is -0.493 e.